The zero-order valence-corrected chi connectivity index (χ0v) is 13.9. The summed E-state index contributed by atoms with van der Waals surface area (Å²) in [4.78, 5) is 5.58. The van der Waals surface area contributed by atoms with Gasteiger partial charge in [0.1, 0.15) is 13.1 Å². The van der Waals surface area contributed by atoms with Crippen LogP contribution in [0.25, 0.3) is 0 Å². The van der Waals surface area contributed by atoms with Gasteiger partial charge in [0.05, 0.1) is 12.5 Å². The van der Waals surface area contributed by atoms with E-state index in [0.29, 0.717) is 4.65 Å². The van der Waals surface area contributed by atoms with E-state index < -0.39 is 0 Å². The number of halogens is 2. The Bertz CT molecular complexity index is 286. The molecule has 104 valence electrons. The van der Waals surface area contributed by atoms with Crippen LogP contribution in [0, 0.1) is 12.3 Å². The predicted molar refractivity (Wildman–Crippen MR) is 82.3 cm³/mol. The van der Waals surface area contributed by atoms with E-state index >= 15 is 0 Å². The van der Waals surface area contributed by atoms with Gasteiger partial charge in [-0.05, 0) is 26.7 Å². The van der Waals surface area contributed by atoms with Gasteiger partial charge in [-0.25, -0.2) is 4.84 Å². The van der Waals surface area contributed by atoms with Crippen LogP contribution in [0.15, 0.2) is 10.7 Å². The second-order valence-electron chi connectivity index (χ2n) is 4.16. The number of hydroxylamine groups is 3. The molecule has 0 saturated carbocycles. The molecule has 2 nitrogen and oxygen atoms in total. The third-order valence-electron chi connectivity index (χ3n) is 3.13. The molecule has 0 amide bonds. The Kier molecular flexibility index (Phi) is 9.85. The summed E-state index contributed by atoms with van der Waals surface area (Å²) in [5.74, 6) is 2.64. The quantitative estimate of drug-likeness (QED) is 0.151. The lowest BCUT2D eigenvalue weighted by atomic mass is 10.1. The minimum absolute atomic E-state index is 0.0166. The number of nitrogens with zero attached hydrogens (tertiary/aromatic N) is 1. The van der Waals surface area contributed by atoms with Crippen molar-refractivity contribution in [2.45, 2.75) is 44.9 Å². The van der Waals surface area contributed by atoms with Crippen LogP contribution >= 0.6 is 27.5 Å². The first kappa shape index (κ1) is 18.0. The van der Waals surface area contributed by atoms with Gasteiger partial charge in [-0.1, -0.05) is 6.42 Å². The van der Waals surface area contributed by atoms with Gasteiger partial charge in [-0.15, -0.1) is 28.6 Å². The fourth-order valence-corrected chi connectivity index (χ4v) is 3.20. The van der Waals surface area contributed by atoms with Gasteiger partial charge in [-0.2, -0.15) is 0 Å². The van der Waals surface area contributed by atoms with E-state index in [0.717, 1.165) is 43.4 Å². The largest absolute Gasteiger partial charge is 0.205 e. The first-order valence-electron chi connectivity index (χ1n) is 6.44. The molecule has 0 aromatic rings. The second kappa shape index (κ2) is 9.86. The molecule has 0 spiro atoms. The number of allylic oxidation sites excluding steroid dienone is 1. The molecule has 0 aromatic heterocycles. The molecule has 18 heavy (non-hydrogen) atoms. The first-order valence-corrected chi connectivity index (χ1v) is 7.67. The van der Waals surface area contributed by atoms with Crippen molar-refractivity contribution in [3.05, 3.63) is 10.7 Å². The molecule has 0 aliphatic carbocycles. The monoisotopic (exact) mass is 336 g/mol. The molecule has 0 rings (SSSR count). The summed E-state index contributed by atoms with van der Waals surface area (Å²) in [5.41, 5.74) is 0. The average Bonchev–Trinajstić information content (AvgIpc) is 2.37. The Morgan fingerprint density at radius 2 is 2.06 bits per heavy atom. The van der Waals surface area contributed by atoms with Crippen molar-refractivity contribution < 1.29 is 9.48 Å². The van der Waals surface area contributed by atoms with E-state index in [4.69, 9.17) is 22.9 Å². The standard InChI is InChI=1S/C14H24BrClNO/c1-5-8-9-10-11-13(16)12-14(15)17(6-2,7-3)18-4/h1,12-13H,6-11H2,2-4H3/q+1/b14-12+. The molecule has 1 unspecified atom stereocenters. The van der Waals surface area contributed by atoms with Gasteiger partial charge in [0, 0.05) is 28.4 Å². The van der Waals surface area contributed by atoms with Crippen molar-refractivity contribution in [1.29, 1.82) is 0 Å². The topological polar surface area (TPSA) is 9.23 Å². The smallest absolute Gasteiger partial charge is 0.200 e. The van der Waals surface area contributed by atoms with Crippen molar-refractivity contribution in [2.75, 3.05) is 20.2 Å². The molecular weight excluding hydrogens is 314 g/mol. The maximum absolute atomic E-state index is 6.31. The van der Waals surface area contributed by atoms with Crippen molar-refractivity contribution in [1.82, 2.24) is 0 Å². The molecule has 0 bridgehead atoms. The van der Waals surface area contributed by atoms with Crippen molar-refractivity contribution in [3.63, 3.8) is 0 Å². The van der Waals surface area contributed by atoms with E-state index in [1.165, 1.54) is 0 Å². The first-order chi connectivity index (χ1) is 8.56. The number of alkyl halides is 1. The highest BCUT2D eigenvalue weighted by molar-refractivity contribution is 9.11. The average molecular weight is 338 g/mol. The van der Waals surface area contributed by atoms with Gasteiger partial charge in [0.2, 0.25) is 4.61 Å². The molecule has 0 saturated heterocycles. The van der Waals surface area contributed by atoms with E-state index in [-0.39, 0.29) is 5.38 Å². The number of rotatable bonds is 9. The highest BCUT2D eigenvalue weighted by atomic mass is 79.9. The Morgan fingerprint density at radius 3 is 2.50 bits per heavy atom. The molecule has 4 heteroatoms. The summed E-state index contributed by atoms with van der Waals surface area (Å²) in [6.45, 7) is 5.92. The van der Waals surface area contributed by atoms with Gasteiger partial charge in [0.15, 0.2) is 0 Å². The van der Waals surface area contributed by atoms with Gasteiger partial charge in [0.25, 0.3) is 0 Å². The van der Waals surface area contributed by atoms with Crippen molar-refractivity contribution >= 4 is 27.5 Å². The third kappa shape index (κ3) is 5.75. The summed E-state index contributed by atoms with van der Waals surface area (Å²) in [7, 11) is 1.72. The molecule has 1 atom stereocenters. The number of terminal acetylenes is 1. The van der Waals surface area contributed by atoms with Crippen LogP contribution in [0.3, 0.4) is 0 Å². The number of hydrogen-bond donors (Lipinski definition) is 0. The maximum atomic E-state index is 6.31. The SMILES string of the molecule is C#CCCCCC(Cl)/C=C(\Br)[N+](CC)(CC)OC. The van der Waals surface area contributed by atoms with E-state index in [9.17, 15) is 0 Å². The lowest BCUT2D eigenvalue weighted by molar-refractivity contribution is -1.06. The van der Waals surface area contributed by atoms with Crippen LogP contribution in [0.2, 0.25) is 0 Å². The molecular formula is C14H24BrClNO+. The second-order valence-corrected chi connectivity index (χ2v) is 5.53. The van der Waals surface area contributed by atoms with E-state index in [1.807, 2.05) is 6.08 Å². The highest BCUT2D eigenvalue weighted by Crippen LogP contribution is 2.26. The molecule has 0 aromatic carbocycles. The summed E-state index contributed by atoms with van der Waals surface area (Å²) in [5, 5.41) is 0.0166. The van der Waals surface area contributed by atoms with Crippen molar-refractivity contribution in [3.8, 4) is 12.3 Å². The third-order valence-corrected chi connectivity index (χ3v) is 4.38. The van der Waals surface area contributed by atoms with Gasteiger partial charge >= 0.3 is 0 Å². The molecule has 0 aliphatic heterocycles. The van der Waals surface area contributed by atoms with E-state index in [1.54, 1.807) is 7.11 Å². The van der Waals surface area contributed by atoms with Crippen LogP contribution in [-0.2, 0) is 4.84 Å². The minimum atomic E-state index is 0.0166. The normalized spacial score (nSPS) is 14.3. The zero-order valence-electron chi connectivity index (χ0n) is 11.6. The Labute approximate surface area is 125 Å². The summed E-state index contributed by atoms with van der Waals surface area (Å²) in [6, 6.07) is 0. The van der Waals surface area contributed by atoms with Gasteiger partial charge in [-0.3, -0.25) is 0 Å². The fourth-order valence-electron chi connectivity index (χ4n) is 1.81. The van der Waals surface area contributed by atoms with Crippen LogP contribution in [0.1, 0.15) is 39.5 Å². The molecule has 0 fully saturated rings. The molecule has 0 radical (unpaired) electrons. The molecule has 0 aliphatic rings. The van der Waals surface area contributed by atoms with E-state index in [2.05, 4.69) is 35.7 Å². The van der Waals surface area contributed by atoms with Gasteiger partial charge < -0.3 is 0 Å². The Morgan fingerprint density at radius 1 is 1.44 bits per heavy atom. The summed E-state index contributed by atoms with van der Waals surface area (Å²) < 4.78 is 1.46. The van der Waals surface area contributed by atoms with Crippen LogP contribution in [0.4, 0.5) is 0 Å². The highest BCUT2D eigenvalue weighted by Gasteiger charge is 2.29. The van der Waals surface area contributed by atoms with Crippen LogP contribution in [0.5, 0.6) is 0 Å². The Hall–Kier alpha value is -0.0100. The zero-order chi connectivity index (χ0) is 14.0. The minimum Gasteiger partial charge on any atom is -0.200 e. The number of quaternary nitrogens is 1. The fraction of sp³-hybridized carbons (Fsp3) is 0.714. The predicted octanol–water partition coefficient (Wildman–Crippen LogP) is 4.44. The van der Waals surface area contributed by atoms with Crippen LogP contribution < -0.4 is 0 Å². The molecule has 0 heterocycles. The lowest BCUT2D eigenvalue weighted by Gasteiger charge is -2.31. The Balaban J connectivity index is 4.41. The maximum Gasteiger partial charge on any atom is 0.205 e. The number of hydrogen-bond acceptors (Lipinski definition) is 1. The van der Waals surface area contributed by atoms with Crippen LogP contribution in [-0.4, -0.2) is 30.2 Å². The van der Waals surface area contributed by atoms with Crippen molar-refractivity contribution in [2.24, 2.45) is 0 Å². The summed E-state index contributed by atoms with van der Waals surface area (Å²) in [6.07, 6.45) is 11.1. The number of unbranched alkanes of at least 4 members (excludes halogenated alkanes) is 2. The molecule has 0 N–H and O–H groups in total. The lowest BCUT2D eigenvalue weighted by Crippen LogP contribution is -2.44. The summed E-state index contributed by atoms with van der Waals surface area (Å²) >= 11 is 9.90.